The summed E-state index contributed by atoms with van der Waals surface area (Å²) in [5.41, 5.74) is -3.00. The molecule has 10 heterocycles. The van der Waals surface area contributed by atoms with Gasteiger partial charge >= 0.3 is 30.9 Å². The molecule has 0 aliphatic carbocycles. The van der Waals surface area contributed by atoms with Gasteiger partial charge in [-0.2, -0.15) is 65.9 Å². The van der Waals surface area contributed by atoms with Gasteiger partial charge in [-0.15, -0.1) is 0 Å². The Balaban J connectivity index is 0.000000138. The highest BCUT2D eigenvalue weighted by Gasteiger charge is 2.66. The molecule has 10 N–H and O–H groups in total. The fourth-order valence-corrected chi connectivity index (χ4v) is 14.6. The number of pyridine rings is 2. The summed E-state index contributed by atoms with van der Waals surface area (Å²) in [6.07, 6.45) is -10.1. The van der Waals surface area contributed by atoms with Crippen LogP contribution in [0.4, 0.5) is 128 Å². The summed E-state index contributed by atoms with van der Waals surface area (Å²) in [5, 5.41) is 39.6. The van der Waals surface area contributed by atoms with Crippen molar-refractivity contribution in [3.05, 3.63) is 267 Å². The minimum absolute atomic E-state index is 0.00192. The fraction of sp³-hybridized carbons (Fsp3) is 0.267. The third kappa shape index (κ3) is 13.7. The molecule has 8 aliphatic rings. The topological polar surface area (TPSA) is 221 Å². The average molecular weight is 1570 g/mol. The fourth-order valence-electron chi connectivity index (χ4n) is 14.6. The molecular formula is C75H63F20N13O3. The van der Waals surface area contributed by atoms with Crippen LogP contribution in [0.1, 0.15) is 79.5 Å². The van der Waals surface area contributed by atoms with E-state index in [1.807, 2.05) is 0 Å². The van der Waals surface area contributed by atoms with Gasteiger partial charge in [0.25, 0.3) is 0 Å². The van der Waals surface area contributed by atoms with Crippen molar-refractivity contribution >= 4 is 57.6 Å². The number of hydroxylamine groups is 6. The molecule has 15 rings (SSSR count). The monoisotopic (exact) mass is 1570 g/mol. The molecule has 5 atom stereocenters. The molecule has 36 heteroatoms. The van der Waals surface area contributed by atoms with Gasteiger partial charge in [-0.25, -0.2) is 62.1 Å². The minimum Gasteiger partial charge on any atom is -0.340 e. The third-order valence-electron chi connectivity index (χ3n) is 19.9. The van der Waals surface area contributed by atoms with E-state index in [9.17, 15) is 103 Å². The molecule has 16 nitrogen and oxygen atoms in total. The normalized spacial score (nSPS) is 22.2. The molecule has 0 radical (unpaired) electrons. The van der Waals surface area contributed by atoms with E-state index in [0.29, 0.717) is 15.2 Å². The molecule has 586 valence electrons. The van der Waals surface area contributed by atoms with E-state index in [1.54, 1.807) is 13.8 Å². The smallest absolute Gasteiger partial charge is 0.340 e. The summed E-state index contributed by atoms with van der Waals surface area (Å²) >= 11 is 0. The SMILES string of the molecule is CC(C)NCC1(C(F)(F)F)C2=CC=CN(O)C2=Nc2ccc(F)cc21.CCC1(C(F)(F)F)C2=CC=CN(O)C2=Nc2ccc(F)cc21.CCC1(C(F)(F)F)c2cc(F)ccc2Nc2ncccc21.NCC1(C(F)(F)F)C2=CC=CN(O)C2=Nc2ccc(F)cc21.NCC1(C(F)(F)F)c2cc(F)ccc2Nc2ncccc21. The van der Waals surface area contributed by atoms with Crippen LogP contribution in [0, 0.1) is 29.1 Å². The molecule has 8 aliphatic heterocycles. The van der Waals surface area contributed by atoms with E-state index >= 15 is 0 Å². The van der Waals surface area contributed by atoms with Crippen molar-refractivity contribution in [1.82, 2.24) is 30.5 Å². The summed E-state index contributed by atoms with van der Waals surface area (Å²) in [4.78, 5) is 20.1. The summed E-state index contributed by atoms with van der Waals surface area (Å²) in [6, 6.07) is 21.1. The number of anilines is 4. The first kappa shape index (κ1) is 81.2. The highest BCUT2D eigenvalue weighted by atomic mass is 19.4. The van der Waals surface area contributed by atoms with Gasteiger partial charge in [-0.1, -0.05) is 58.1 Å². The van der Waals surface area contributed by atoms with Gasteiger partial charge in [0, 0.05) is 113 Å². The lowest BCUT2D eigenvalue weighted by Crippen LogP contribution is -2.56. The summed E-state index contributed by atoms with van der Waals surface area (Å²) < 4.78 is 278. The van der Waals surface area contributed by atoms with Crippen LogP contribution in [0.3, 0.4) is 0 Å². The van der Waals surface area contributed by atoms with Crippen molar-refractivity contribution < 1.29 is 103 Å². The number of alkyl halides is 15. The quantitative estimate of drug-likeness (QED) is 0.0697. The van der Waals surface area contributed by atoms with Gasteiger partial charge in [0.15, 0.2) is 17.5 Å². The largest absolute Gasteiger partial charge is 0.403 e. The predicted molar refractivity (Wildman–Crippen MR) is 370 cm³/mol. The number of aliphatic imine (C=N–C) groups is 3. The van der Waals surface area contributed by atoms with Gasteiger partial charge in [0.05, 0.1) is 17.1 Å². The molecule has 0 fully saturated rings. The molecule has 5 aromatic carbocycles. The Bertz CT molecular complexity index is 4820. The lowest BCUT2D eigenvalue weighted by Gasteiger charge is -2.43. The number of nitrogens with zero attached hydrogens (tertiary/aromatic N) is 8. The number of hydrogen-bond acceptors (Lipinski definition) is 16. The number of allylic oxidation sites excluding steroid dienone is 6. The molecule has 111 heavy (non-hydrogen) atoms. The predicted octanol–water partition coefficient (Wildman–Crippen LogP) is 18.4. The second kappa shape index (κ2) is 29.8. The molecule has 0 amide bonds. The van der Waals surface area contributed by atoms with Crippen LogP contribution >= 0.6 is 0 Å². The number of nitrogens with two attached hydrogens (primary N) is 2. The molecule has 0 saturated heterocycles. The maximum Gasteiger partial charge on any atom is 0.403 e. The van der Waals surface area contributed by atoms with Crippen LogP contribution in [0.15, 0.2) is 214 Å². The molecular weight excluding hydrogens is 1510 g/mol. The highest BCUT2D eigenvalue weighted by Crippen LogP contribution is 2.60. The molecule has 0 spiro atoms. The van der Waals surface area contributed by atoms with Crippen LogP contribution in [0.2, 0.25) is 0 Å². The Kier molecular flexibility index (Phi) is 21.8. The Morgan fingerprint density at radius 1 is 0.405 bits per heavy atom. The minimum atomic E-state index is -4.79. The van der Waals surface area contributed by atoms with Crippen molar-refractivity contribution in [1.29, 1.82) is 0 Å². The van der Waals surface area contributed by atoms with Gasteiger partial charge < -0.3 is 27.4 Å². The first-order chi connectivity index (χ1) is 52.1. The van der Waals surface area contributed by atoms with Crippen molar-refractivity contribution in [3.8, 4) is 0 Å². The Labute approximate surface area is 618 Å². The summed E-state index contributed by atoms with van der Waals surface area (Å²) in [5.74, 6) is -4.22. The van der Waals surface area contributed by atoms with Gasteiger partial charge in [0.2, 0.25) is 0 Å². The molecule has 2 aromatic heterocycles. The summed E-state index contributed by atoms with van der Waals surface area (Å²) in [6.45, 7) is 4.21. The standard InChI is InChI=1S/C17H17F4N3O.C15H12F4N2O.C15H12F4N2.C14H11F4N3O.C14H11F4N3/c1-10(2)22-9-16(17(19,20)21)12-4-3-7-24(25)15(12)23-14-6-5-11(18)8-13(14)16;1-2-14(15(17,18)19)10-4-3-7-21(22)13(10)20-12-6-5-9(16)8-11(12)14;1-2-14(15(17,18)19)10-4-3-7-20-13(10)21-12-6-5-9(16)8-11(12)14;15-8-3-4-11-10(6-8)13(7-19,14(16,17)18)9-2-1-5-21(22)12(9)20-11;15-8-3-4-11-10(6-8)13(7-19,14(16,17)18)9-2-1-5-20-12(9)21-11/h3-8,10,22,25H,9H2,1-2H3;3-8,22H,2H2,1H3;3-8H,2H2,1H3,(H,20,21);1-6,22H,7,19H2;1-6H,7,19H2,(H,20,21). The van der Waals surface area contributed by atoms with E-state index in [4.69, 9.17) is 11.5 Å². The number of benzene rings is 5. The molecule has 0 saturated carbocycles. The van der Waals surface area contributed by atoms with Crippen LogP contribution in [-0.4, -0.2) is 115 Å². The summed E-state index contributed by atoms with van der Waals surface area (Å²) in [7, 11) is 0. The Hall–Kier alpha value is -10.8. The van der Waals surface area contributed by atoms with Crippen molar-refractivity contribution in [2.24, 2.45) is 26.4 Å². The third-order valence-corrected chi connectivity index (χ3v) is 19.9. The van der Waals surface area contributed by atoms with Crippen LogP contribution < -0.4 is 27.4 Å². The van der Waals surface area contributed by atoms with E-state index in [-0.39, 0.29) is 132 Å². The molecule has 7 aromatic rings. The second-order valence-electron chi connectivity index (χ2n) is 26.2. The number of nitrogens with one attached hydrogen (secondary N) is 3. The van der Waals surface area contributed by atoms with Crippen molar-refractivity contribution in [3.63, 3.8) is 0 Å². The van der Waals surface area contributed by atoms with Crippen molar-refractivity contribution in [2.75, 3.05) is 30.3 Å². The van der Waals surface area contributed by atoms with Crippen LogP contribution in [-0.2, 0) is 27.1 Å². The van der Waals surface area contributed by atoms with E-state index in [0.717, 1.165) is 72.9 Å². The van der Waals surface area contributed by atoms with Crippen LogP contribution in [0.25, 0.3) is 0 Å². The number of hydrogen-bond donors (Lipinski definition) is 8. The first-order valence-electron chi connectivity index (χ1n) is 33.4. The highest BCUT2D eigenvalue weighted by molar-refractivity contribution is 6.07. The second-order valence-corrected chi connectivity index (χ2v) is 26.2. The zero-order valence-corrected chi connectivity index (χ0v) is 58.1. The van der Waals surface area contributed by atoms with Crippen molar-refractivity contribution in [2.45, 2.75) is 105 Å². The average Bonchev–Trinajstić information content (AvgIpc) is 0.743. The van der Waals surface area contributed by atoms with E-state index in [2.05, 4.69) is 40.9 Å². The zero-order chi connectivity index (χ0) is 81.1. The van der Waals surface area contributed by atoms with Gasteiger partial charge in [-0.3, -0.25) is 15.6 Å². The number of amidine groups is 3. The molecule has 0 bridgehead atoms. The zero-order valence-electron chi connectivity index (χ0n) is 58.1. The lowest BCUT2D eigenvalue weighted by molar-refractivity contribution is -0.180. The maximum absolute atomic E-state index is 14.4. The Morgan fingerprint density at radius 2 is 0.712 bits per heavy atom. The Morgan fingerprint density at radius 3 is 1.05 bits per heavy atom. The van der Waals surface area contributed by atoms with Gasteiger partial charge in [0.1, 0.15) is 67.8 Å². The lowest BCUT2D eigenvalue weighted by atomic mass is 9.68. The number of halogens is 20. The molecule has 5 unspecified atom stereocenters. The first-order valence-corrected chi connectivity index (χ1v) is 33.4. The number of fused-ring (bicyclic) bond motifs is 10. The maximum atomic E-state index is 14.4. The van der Waals surface area contributed by atoms with Gasteiger partial charge in [-0.05, 0) is 145 Å². The number of aromatic nitrogens is 2. The van der Waals surface area contributed by atoms with Crippen LogP contribution in [0.5, 0.6) is 0 Å². The number of rotatable bonds is 7. The van der Waals surface area contributed by atoms with E-state index < -0.39 is 107 Å². The van der Waals surface area contributed by atoms with E-state index in [1.165, 1.54) is 124 Å².